The lowest BCUT2D eigenvalue weighted by atomic mass is 10.1. The van der Waals surface area contributed by atoms with Crippen molar-refractivity contribution < 1.29 is 8.83 Å². The van der Waals surface area contributed by atoms with E-state index in [0.29, 0.717) is 35.0 Å². The Labute approximate surface area is 137 Å². The largest absolute Gasteiger partial charge is 0.459 e. The molecular formula is C18H15N3O3. The fourth-order valence-electron chi connectivity index (χ4n) is 2.69. The summed E-state index contributed by atoms with van der Waals surface area (Å²) in [5, 5.41) is 0.602. The van der Waals surface area contributed by atoms with Crippen molar-refractivity contribution in [2.24, 2.45) is 0 Å². The van der Waals surface area contributed by atoms with Gasteiger partial charge in [-0.1, -0.05) is 12.1 Å². The maximum absolute atomic E-state index is 12.7. The zero-order chi connectivity index (χ0) is 16.7. The summed E-state index contributed by atoms with van der Waals surface area (Å²) in [5.74, 6) is 1.62. The standard InChI is InChI=1S/C18H15N3O3/c1-11-5-3-6-13-16(11)19-10-21(18(13)22)9-14-12(2)24-17(20-14)15-7-4-8-23-15/h3-8,10H,9H2,1-2H3. The highest BCUT2D eigenvalue weighted by atomic mass is 16.4. The first kappa shape index (κ1) is 14.4. The minimum absolute atomic E-state index is 0.0920. The topological polar surface area (TPSA) is 74.1 Å². The van der Waals surface area contributed by atoms with Gasteiger partial charge in [-0.3, -0.25) is 9.36 Å². The molecular weight excluding hydrogens is 306 g/mol. The predicted molar refractivity (Wildman–Crippen MR) is 88.8 cm³/mol. The lowest BCUT2D eigenvalue weighted by Gasteiger charge is -2.06. The second-order valence-electron chi connectivity index (χ2n) is 5.65. The predicted octanol–water partition coefficient (Wildman–Crippen LogP) is 3.31. The molecule has 1 aromatic carbocycles. The number of furan rings is 1. The third-order valence-corrected chi connectivity index (χ3v) is 4.00. The van der Waals surface area contributed by atoms with Gasteiger partial charge in [-0.2, -0.15) is 0 Å². The van der Waals surface area contributed by atoms with Crippen molar-refractivity contribution in [2.75, 3.05) is 0 Å². The summed E-state index contributed by atoms with van der Waals surface area (Å²) in [6, 6.07) is 9.15. The van der Waals surface area contributed by atoms with Crippen LogP contribution in [0.1, 0.15) is 17.0 Å². The van der Waals surface area contributed by atoms with E-state index in [2.05, 4.69) is 9.97 Å². The van der Waals surface area contributed by atoms with Crippen molar-refractivity contribution in [3.8, 4) is 11.7 Å². The highest BCUT2D eigenvalue weighted by Gasteiger charge is 2.15. The van der Waals surface area contributed by atoms with Gasteiger partial charge in [0.25, 0.3) is 11.4 Å². The number of benzene rings is 1. The molecule has 3 aromatic heterocycles. The number of nitrogens with zero attached hydrogens (tertiary/aromatic N) is 3. The van der Waals surface area contributed by atoms with Gasteiger partial charge in [-0.05, 0) is 37.6 Å². The summed E-state index contributed by atoms with van der Waals surface area (Å²) in [7, 11) is 0. The molecule has 6 nitrogen and oxygen atoms in total. The molecule has 0 bridgehead atoms. The molecule has 0 aliphatic heterocycles. The van der Waals surface area contributed by atoms with Crippen LogP contribution in [0, 0.1) is 13.8 Å². The first-order valence-corrected chi connectivity index (χ1v) is 7.58. The van der Waals surface area contributed by atoms with Crippen LogP contribution in [0.15, 0.2) is 56.6 Å². The number of hydrogen-bond donors (Lipinski definition) is 0. The van der Waals surface area contributed by atoms with Gasteiger partial charge in [0, 0.05) is 0 Å². The Bertz CT molecular complexity index is 1070. The number of oxazole rings is 1. The first-order chi connectivity index (χ1) is 11.6. The van der Waals surface area contributed by atoms with Crippen LogP contribution in [0.25, 0.3) is 22.6 Å². The third kappa shape index (κ3) is 2.32. The number of aromatic nitrogens is 3. The number of fused-ring (bicyclic) bond motifs is 1. The molecule has 0 fully saturated rings. The highest BCUT2D eigenvalue weighted by Crippen LogP contribution is 2.22. The fraction of sp³-hybridized carbons (Fsp3) is 0.167. The highest BCUT2D eigenvalue weighted by molar-refractivity contribution is 5.80. The molecule has 0 aliphatic rings. The summed E-state index contributed by atoms with van der Waals surface area (Å²) in [5.41, 5.74) is 2.30. The van der Waals surface area contributed by atoms with E-state index in [1.54, 1.807) is 35.4 Å². The molecule has 120 valence electrons. The van der Waals surface area contributed by atoms with Gasteiger partial charge in [-0.25, -0.2) is 9.97 Å². The van der Waals surface area contributed by atoms with E-state index in [0.717, 1.165) is 11.1 Å². The molecule has 0 aliphatic carbocycles. The summed E-state index contributed by atoms with van der Waals surface area (Å²) >= 11 is 0. The monoisotopic (exact) mass is 321 g/mol. The number of aryl methyl sites for hydroxylation is 2. The number of hydrogen-bond acceptors (Lipinski definition) is 5. The van der Waals surface area contributed by atoms with Crippen LogP contribution < -0.4 is 5.56 Å². The van der Waals surface area contributed by atoms with E-state index >= 15 is 0 Å². The van der Waals surface area contributed by atoms with Gasteiger partial charge in [-0.15, -0.1) is 0 Å². The van der Waals surface area contributed by atoms with E-state index in [1.165, 1.54) is 0 Å². The molecule has 0 saturated heterocycles. The average Bonchev–Trinajstić information content (AvgIpc) is 3.21. The SMILES string of the molecule is Cc1oc(-c2ccco2)nc1Cn1cnc2c(C)cccc2c1=O. The Balaban J connectivity index is 1.75. The van der Waals surface area contributed by atoms with Crippen molar-refractivity contribution in [3.05, 3.63) is 70.3 Å². The van der Waals surface area contributed by atoms with Gasteiger partial charge in [0.2, 0.25) is 0 Å². The van der Waals surface area contributed by atoms with Crippen molar-refractivity contribution in [2.45, 2.75) is 20.4 Å². The normalized spacial score (nSPS) is 11.2. The average molecular weight is 321 g/mol. The lowest BCUT2D eigenvalue weighted by molar-refractivity contribution is 0.499. The molecule has 0 spiro atoms. The van der Waals surface area contributed by atoms with Crippen molar-refractivity contribution in [1.29, 1.82) is 0 Å². The maximum atomic E-state index is 12.7. The van der Waals surface area contributed by atoms with Crippen LogP contribution >= 0.6 is 0 Å². The zero-order valence-electron chi connectivity index (χ0n) is 13.3. The smallest absolute Gasteiger partial charge is 0.263 e. The van der Waals surface area contributed by atoms with Crippen LogP contribution in [0.5, 0.6) is 0 Å². The van der Waals surface area contributed by atoms with E-state index in [-0.39, 0.29) is 5.56 Å². The van der Waals surface area contributed by atoms with Crippen molar-refractivity contribution >= 4 is 10.9 Å². The Morgan fingerprint density at radius 3 is 2.83 bits per heavy atom. The minimum Gasteiger partial charge on any atom is -0.459 e. The Hall–Kier alpha value is -3.15. The molecule has 0 radical (unpaired) electrons. The molecule has 4 aromatic rings. The number of rotatable bonds is 3. The van der Waals surface area contributed by atoms with E-state index in [1.807, 2.05) is 26.0 Å². The van der Waals surface area contributed by atoms with E-state index < -0.39 is 0 Å². The van der Waals surface area contributed by atoms with E-state index in [4.69, 9.17) is 8.83 Å². The lowest BCUT2D eigenvalue weighted by Crippen LogP contribution is -2.21. The second kappa shape index (κ2) is 5.49. The van der Waals surface area contributed by atoms with Crippen LogP contribution in [0.3, 0.4) is 0 Å². The van der Waals surface area contributed by atoms with Crippen molar-refractivity contribution in [1.82, 2.24) is 14.5 Å². The minimum atomic E-state index is -0.0920. The molecule has 0 amide bonds. The Morgan fingerprint density at radius 2 is 2.04 bits per heavy atom. The summed E-state index contributed by atoms with van der Waals surface area (Å²) in [6.45, 7) is 4.06. The molecule has 0 atom stereocenters. The van der Waals surface area contributed by atoms with Gasteiger partial charge < -0.3 is 8.83 Å². The molecule has 6 heteroatoms. The van der Waals surface area contributed by atoms with Crippen molar-refractivity contribution in [3.63, 3.8) is 0 Å². The summed E-state index contributed by atoms with van der Waals surface area (Å²) in [6.07, 6.45) is 3.12. The van der Waals surface area contributed by atoms with E-state index in [9.17, 15) is 4.79 Å². The molecule has 0 N–H and O–H groups in total. The number of para-hydroxylation sites is 1. The van der Waals surface area contributed by atoms with Gasteiger partial charge in [0.05, 0.1) is 30.0 Å². The quantitative estimate of drug-likeness (QED) is 0.579. The summed E-state index contributed by atoms with van der Waals surface area (Å²) in [4.78, 5) is 21.5. The van der Waals surface area contributed by atoms with Crippen LogP contribution in [0.4, 0.5) is 0 Å². The fourth-order valence-corrected chi connectivity index (χ4v) is 2.69. The maximum Gasteiger partial charge on any atom is 0.263 e. The van der Waals surface area contributed by atoms with Gasteiger partial charge in [0.15, 0.2) is 5.76 Å². The first-order valence-electron chi connectivity index (χ1n) is 7.58. The molecule has 4 rings (SSSR count). The molecule has 0 saturated carbocycles. The van der Waals surface area contributed by atoms with Crippen LogP contribution in [-0.4, -0.2) is 14.5 Å². The van der Waals surface area contributed by atoms with Gasteiger partial charge >= 0.3 is 0 Å². The van der Waals surface area contributed by atoms with Gasteiger partial charge in [0.1, 0.15) is 11.5 Å². The molecule has 0 unspecified atom stereocenters. The van der Waals surface area contributed by atoms with Crippen LogP contribution in [-0.2, 0) is 6.54 Å². The Morgan fingerprint density at radius 1 is 1.17 bits per heavy atom. The third-order valence-electron chi connectivity index (χ3n) is 4.00. The zero-order valence-corrected chi connectivity index (χ0v) is 13.3. The second-order valence-corrected chi connectivity index (χ2v) is 5.65. The molecule has 3 heterocycles. The summed E-state index contributed by atoms with van der Waals surface area (Å²) < 4.78 is 12.5. The van der Waals surface area contributed by atoms with Crippen LogP contribution in [0.2, 0.25) is 0 Å². The Kier molecular flexibility index (Phi) is 3.30. The molecule has 24 heavy (non-hydrogen) atoms.